The van der Waals surface area contributed by atoms with Crippen molar-refractivity contribution in [2.24, 2.45) is 5.41 Å². The van der Waals surface area contributed by atoms with Gasteiger partial charge in [0.15, 0.2) is 0 Å². The Morgan fingerprint density at radius 3 is 1.79 bits per heavy atom. The van der Waals surface area contributed by atoms with E-state index in [1.807, 2.05) is 0 Å². The molecule has 1 nitrogen and oxygen atoms in total. The molecule has 1 heteroatoms. The standard InChI is InChI=1S/C13H25N/c1-12(2,3)14-10-8-13(9-11-14)6-4-5-7-13/h4-11H2,1-3H3. The summed E-state index contributed by atoms with van der Waals surface area (Å²) in [5.74, 6) is 0. The predicted molar refractivity (Wildman–Crippen MR) is 61.5 cm³/mol. The third-order valence-corrected chi connectivity index (χ3v) is 4.44. The lowest BCUT2D eigenvalue weighted by molar-refractivity contribution is 0.0455. The minimum absolute atomic E-state index is 0.389. The van der Waals surface area contributed by atoms with Gasteiger partial charge in [-0.15, -0.1) is 0 Å². The zero-order valence-electron chi connectivity index (χ0n) is 10.1. The fourth-order valence-corrected chi connectivity index (χ4v) is 3.28. The summed E-state index contributed by atoms with van der Waals surface area (Å²) in [5.41, 5.74) is 1.17. The molecule has 0 radical (unpaired) electrons. The van der Waals surface area contributed by atoms with Gasteiger partial charge in [0.25, 0.3) is 0 Å². The first-order valence-electron chi connectivity index (χ1n) is 6.27. The summed E-state index contributed by atoms with van der Waals surface area (Å²) >= 11 is 0. The second-order valence-electron chi connectivity index (χ2n) is 6.36. The molecule has 0 amide bonds. The van der Waals surface area contributed by atoms with Crippen molar-refractivity contribution in [3.63, 3.8) is 0 Å². The molecule has 0 aromatic carbocycles. The average Bonchev–Trinajstić information content (AvgIpc) is 2.53. The molecular weight excluding hydrogens is 170 g/mol. The molecule has 1 aliphatic carbocycles. The van der Waals surface area contributed by atoms with Crippen molar-refractivity contribution in [2.45, 2.75) is 64.8 Å². The lowest BCUT2D eigenvalue weighted by Crippen LogP contribution is -2.48. The average molecular weight is 195 g/mol. The van der Waals surface area contributed by atoms with Crippen molar-refractivity contribution in [1.82, 2.24) is 4.90 Å². The fourth-order valence-electron chi connectivity index (χ4n) is 3.28. The Morgan fingerprint density at radius 1 is 0.857 bits per heavy atom. The summed E-state index contributed by atoms with van der Waals surface area (Å²) in [6.07, 6.45) is 8.95. The second-order valence-corrected chi connectivity index (χ2v) is 6.36. The van der Waals surface area contributed by atoms with Crippen LogP contribution in [0.3, 0.4) is 0 Å². The Bertz CT molecular complexity index is 186. The minimum Gasteiger partial charge on any atom is -0.298 e. The summed E-state index contributed by atoms with van der Waals surface area (Å²) in [7, 11) is 0. The van der Waals surface area contributed by atoms with Gasteiger partial charge in [-0.2, -0.15) is 0 Å². The Balaban J connectivity index is 1.92. The zero-order chi connectivity index (χ0) is 10.2. The van der Waals surface area contributed by atoms with Crippen LogP contribution in [-0.2, 0) is 0 Å². The summed E-state index contributed by atoms with van der Waals surface area (Å²) < 4.78 is 0. The van der Waals surface area contributed by atoms with E-state index >= 15 is 0 Å². The quantitative estimate of drug-likeness (QED) is 0.572. The van der Waals surface area contributed by atoms with Gasteiger partial charge in [0.1, 0.15) is 0 Å². The van der Waals surface area contributed by atoms with E-state index in [1.54, 1.807) is 0 Å². The second kappa shape index (κ2) is 3.52. The van der Waals surface area contributed by atoms with Crippen LogP contribution in [0.2, 0.25) is 0 Å². The molecule has 0 bridgehead atoms. The first-order chi connectivity index (χ1) is 6.52. The van der Waals surface area contributed by atoms with Gasteiger partial charge < -0.3 is 0 Å². The molecule has 2 fully saturated rings. The number of piperidine rings is 1. The molecule has 82 valence electrons. The molecule has 0 aromatic rings. The highest BCUT2D eigenvalue weighted by Crippen LogP contribution is 2.46. The number of hydrogen-bond donors (Lipinski definition) is 0. The Labute approximate surface area is 88.9 Å². The van der Waals surface area contributed by atoms with Crippen molar-refractivity contribution in [3.05, 3.63) is 0 Å². The van der Waals surface area contributed by atoms with Crippen LogP contribution in [0, 0.1) is 5.41 Å². The lowest BCUT2D eigenvalue weighted by Gasteiger charge is -2.45. The van der Waals surface area contributed by atoms with E-state index in [-0.39, 0.29) is 0 Å². The van der Waals surface area contributed by atoms with Gasteiger partial charge in [-0.25, -0.2) is 0 Å². The van der Waals surface area contributed by atoms with Crippen molar-refractivity contribution in [3.8, 4) is 0 Å². The van der Waals surface area contributed by atoms with Crippen molar-refractivity contribution < 1.29 is 0 Å². The maximum Gasteiger partial charge on any atom is 0.0125 e. The SMILES string of the molecule is CC(C)(C)N1CCC2(CCCC2)CC1. The van der Waals surface area contributed by atoms with Gasteiger partial charge in [0.05, 0.1) is 0 Å². The summed E-state index contributed by atoms with van der Waals surface area (Å²) in [6, 6.07) is 0. The topological polar surface area (TPSA) is 3.24 Å². The van der Waals surface area contributed by atoms with Gasteiger partial charge in [-0.05, 0) is 65.0 Å². The van der Waals surface area contributed by atoms with Crippen molar-refractivity contribution in [1.29, 1.82) is 0 Å². The Kier molecular flexibility index (Phi) is 2.63. The molecule has 0 atom stereocenters. The number of hydrogen-bond acceptors (Lipinski definition) is 1. The molecule has 1 spiro atoms. The molecular formula is C13H25N. The maximum atomic E-state index is 2.66. The molecule has 0 N–H and O–H groups in total. The summed E-state index contributed by atoms with van der Waals surface area (Å²) in [5, 5.41) is 0. The molecule has 1 saturated heterocycles. The van der Waals surface area contributed by atoms with Crippen LogP contribution < -0.4 is 0 Å². The van der Waals surface area contributed by atoms with Gasteiger partial charge in [0, 0.05) is 5.54 Å². The van der Waals surface area contributed by atoms with Gasteiger partial charge in [0.2, 0.25) is 0 Å². The third kappa shape index (κ3) is 1.98. The first kappa shape index (κ1) is 10.5. The van der Waals surface area contributed by atoms with Crippen LogP contribution in [0.5, 0.6) is 0 Å². The molecule has 1 heterocycles. The number of rotatable bonds is 0. The van der Waals surface area contributed by atoms with Crippen molar-refractivity contribution >= 4 is 0 Å². The van der Waals surface area contributed by atoms with Crippen LogP contribution in [0.15, 0.2) is 0 Å². The molecule has 2 aliphatic rings. The first-order valence-corrected chi connectivity index (χ1v) is 6.27. The molecule has 1 saturated carbocycles. The molecule has 14 heavy (non-hydrogen) atoms. The predicted octanol–water partition coefficient (Wildman–Crippen LogP) is 3.44. The van der Waals surface area contributed by atoms with Crippen LogP contribution in [0.25, 0.3) is 0 Å². The van der Waals surface area contributed by atoms with E-state index in [0.717, 1.165) is 5.41 Å². The smallest absolute Gasteiger partial charge is 0.0125 e. The van der Waals surface area contributed by atoms with E-state index in [1.165, 1.54) is 51.6 Å². The summed E-state index contributed by atoms with van der Waals surface area (Å²) in [6.45, 7) is 9.71. The van der Waals surface area contributed by atoms with Gasteiger partial charge in [-0.1, -0.05) is 12.8 Å². The lowest BCUT2D eigenvalue weighted by atomic mass is 9.76. The number of likely N-dealkylation sites (tertiary alicyclic amines) is 1. The van der Waals surface area contributed by atoms with E-state index in [2.05, 4.69) is 25.7 Å². The Morgan fingerprint density at radius 2 is 1.36 bits per heavy atom. The van der Waals surface area contributed by atoms with Crippen LogP contribution in [-0.4, -0.2) is 23.5 Å². The molecule has 2 rings (SSSR count). The highest BCUT2D eigenvalue weighted by Gasteiger charge is 2.38. The number of nitrogens with zero attached hydrogens (tertiary/aromatic N) is 1. The van der Waals surface area contributed by atoms with Crippen LogP contribution >= 0.6 is 0 Å². The van der Waals surface area contributed by atoms with Crippen LogP contribution in [0.4, 0.5) is 0 Å². The monoisotopic (exact) mass is 195 g/mol. The van der Waals surface area contributed by atoms with E-state index in [4.69, 9.17) is 0 Å². The fraction of sp³-hybridized carbons (Fsp3) is 1.00. The van der Waals surface area contributed by atoms with E-state index in [0.29, 0.717) is 5.54 Å². The zero-order valence-corrected chi connectivity index (χ0v) is 10.1. The minimum atomic E-state index is 0.389. The normalized spacial score (nSPS) is 28.5. The maximum absolute atomic E-state index is 2.66. The van der Waals surface area contributed by atoms with Crippen molar-refractivity contribution in [2.75, 3.05) is 13.1 Å². The molecule has 0 aromatic heterocycles. The largest absolute Gasteiger partial charge is 0.298 e. The Hall–Kier alpha value is -0.0400. The van der Waals surface area contributed by atoms with Gasteiger partial charge in [-0.3, -0.25) is 4.90 Å². The highest BCUT2D eigenvalue weighted by molar-refractivity contribution is 4.92. The molecule has 0 unspecified atom stereocenters. The van der Waals surface area contributed by atoms with E-state index < -0.39 is 0 Å². The summed E-state index contributed by atoms with van der Waals surface area (Å²) in [4.78, 5) is 2.66. The van der Waals surface area contributed by atoms with E-state index in [9.17, 15) is 0 Å². The highest BCUT2D eigenvalue weighted by atomic mass is 15.2. The van der Waals surface area contributed by atoms with Gasteiger partial charge >= 0.3 is 0 Å². The third-order valence-electron chi connectivity index (χ3n) is 4.44. The molecule has 1 aliphatic heterocycles. The van der Waals surface area contributed by atoms with Crippen LogP contribution in [0.1, 0.15) is 59.3 Å².